The molecule has 8 rings (SSSR count). The van der Waals surface area contributed by atoms with Crippen LogP contribution in [-0.4, -0.2) is 59.9 Å². The number of epoxide rings is 1. The standard InChI is InChI=1S/C32H36N4O2/c1-5-6-7-15-24(37)35-18-16-31-21-12-8-9-13-22(21)33-28-32(31)17-19-36(29(31)35)26(27-30(2,3)38-27)20-11-10-14-23(25(20)32)34(28)4/h5-14,26-29,33H,1,15-19H2,2-4H3. The number of rotatable bonds is 4. The van der Waals surface area contributed by atoms with E-state index in [0.717, 1.165) is 25.9 Å². The molecule has 0 saturated carbocycles. The van der Waals surface area contributed by atoms with E-state index in [1.165, 1.54) is 28.1 Å². The summed E-state index contributed by atoms with van der Waals surface area (Å²) < 4.78 is 6.43. The second kappa shape index (κ2) is 7.30. The van der Waals surface area contributed by atoms with E-state index in [0.29, 0.717) is 6.42 Å². The van der Waals surface area contributed by atoms with Crippen molar-refractivity contribution in [3.05, 3.63) is 84.0 Å². The van der Waals surface area contributed by atoms with E-state index in [1.807, 2.05) is 12.2 Å². The Morgan fingerprint density at radius 2 is 1.92 bits per heavy atom. The highest BCUT2D eigenvalue weighted by molar-refractivity contribution is 5.82. The Labute approximate surface area is 224 Å². The minimum Gasteiger partial charge on any atom is -0.365 e. The van der Waals surface area contributed by atoms with Gasteiger partial charge >= 0.3 is 0 Å². The molecule has 6 aliphatic heterocycles. The first-order valence-corrected chi connectivity index (χ1v) is 14.1. The van der Waals surface area contributed by atoms with Crippen molar-refractivity contribution in [3.8, 4) is 0 Å². The maximum Gasteiger partial charge on any atom is 0.227 e. The Bertz CT molecular complexity index is 1420. The number of hydrogen-bond acceptors (Lipinski definition) is 5. The predicted octanol–water partition coefficient (Wildman–Crippen LogP) is 4.69. The van der Waals surface area contributed by atoms with Gasteiger partial charge in [0.05, 0.1) is 23.2 Å². The molecule has 6 nitrogen and oxygen atoms in total. The van der Waals surface area contributed by atoms with E-state index in [2.05, 4.69) is 90.0 Å². The molecule has 6 heteroatoms. The molecule has 0 radical (unpaired) electrons. The zero-order valence-corrected chi connectivity index (χ0v) is 22.5. The third-order valence-electron chi connectivity index (χ3n) is 10.7. The molecule has 1 N–H and O–H groups in total. The molecule has 196 valence electrons. The van der Waals surface area contributed by atoms with Crippen molar-refractivity contribution in [1.29, 1.82) is 0 Å². The van der Waals surface area contributed by atoms with Crippen LogP contribution in [0.15, 0.2) is 67.3 Å². The first-order chi connectivity index (χ1) is 18.4. The molecule has 7 unspecified atom stereocenters. The number of carbonyl (C=O) groups is 1. The maximum absolute atomic E-state index is 14.0. The molecule has 3 saturated heterocycles. The number of likely N-dealkylation sites (N-methyl/N-ethyl adjacent to an activating group) is 1. The molecule has 38 heavy (non-hydrogen) atoms. The van der Waals surface area contributed by atoms with E-state index in [9.17, 15) is 4.79 Å². The number of piperidine rings is 1. The van der Waals surface area contributed by atoms with Gasteiger partial charge in [-0.1, -0.05) is 55.1 Å². The molecular weight excluding hydrogens is 472 g/mol. The average Bonchev–Trinajstić information content (AvgIpc) is 3.31. The predicted molar refractivity (Wildman–Crippen MR) is 149 cm³/mol. The third-order valence-corrected chi connectivity index (χ3v) is 10.7. The number of hydrogen-bond donors (Lipinski definition) is 1. The fourth-order valence-corrected chi connectivity index (χ4v) is 9.37. The lowest BCUT2D eigenvalue weighted by molar-refractivity contribution is -0.141. The number of amides is 1. The Morgan fingerprint density at radius 1 is 1.13 bits per heavy atom. The van der Waals surface area contributed by atoms with E-state index < -0.39 is 0 Å². The summed E-state index contributed by atoms with van der Waals surface area (Å²) in [7, 11) is 2.25. The van der Waals surface area contributed by atoms with Gasteiger partial charge in [-0.2, -0.15) is 0 Å². The molecular formula is C32H36N4O2. The summed E-state index contributed by atoms with van der Waals surface area (Å²) >= 11 is 0. The number of fused-ring (bicyclic) bond motifs is 1. The van der Waals surface area contributed by atoms with Crippen LogP contribution >= 0.6 is 0 Å². The number of allylic oxidation sites excluding steroid dienone is 2. The van der Waals surface area contributed by atoms with Gasteiger partial charge in [-0.25, -0.2) is 0 Å². The molecule has 1 amide bonds. The number of anilines is 2. The molecule has 2 bridgehead atoms. The van der Waals surface area contributed by atoms with Gasteiger partial charge in [0.1, 0.15) is 12.3 Å². The van der Waals surface area contributed by atoms with Crippen LogP contribution in [0.1, 0.15) is 55.8 Å². The van der Waals surface area contributed by atoms with Crippen molar-refractivity contribution in [1.82, 2.24) is 9.80 Å². The van der Waals surface area contributed by atoms with Crippen LogP contribution in [0.25, 0.3) is 0 Å². The van der Waals surface area contributed by atoms with Crippen LogP contribution in [0.2, 0.25) is 0 Å². The quantitative estimate of drug-likeness (QED) is 0.480. The Balaban J connectivity index is 1.43. The highest BCUT2D eigenvalue weighted by Crippen LogP contribution is 2.72. The van der Waals surface area contributed by atoms with Crippen LogP contribution in [-0.2, 0) is 20.4 Å². The largest absolute Gasteiger partial charge is 0.365 e. The van der Waals surface area contributed by atoms with Crippen molar-refractivity contribution >= 4 is 17.3 Å². The summed E-state index contributed by atoms with van der Waals surface area (Å²) in [6, 6.07) is 15.9. The molecule has 6 aliphatic rings. The third kappa shape index (κ3) is 2.45. The summed E-state index contributed by atoms with van der Waals surface area (Å²) in [5.41, 5.74) is 6.29. The zero-order valence-electron chi connectivity index (χ0n) is 22.5. The summed E-state index contributed by atoms with van der Waals surface area (Å²) in [6.45, 7) is 9.93. The van der Waals surface area contributed by atoms with Gasteiger partial charge in [0.25, 0.3) is 0 Å². The van der Waals surface area contributed by atoms with Gasteiger partial charge in [0, 0.05) is 43.3 Å². The lowest BCUT2D eigenvalue weighted by Crippen LogP contribution is -2.73. The van der Waals surface area contributed by atoms with Gasteiger partial charge in [0.2, 0.25) is 5.91 Å². The molecule has 0 aromatic heterocycles. The van der Waals surface area contributed by atoms with E-state index in [1.54, 1.807) is 6.08 Å². The van der Waals surface area contributed by atoms with Gasteiger partial charge in [-0.05, 0) is 55.5 Å². The first kappa shape index (κ1) is 22.9. The Hall–Kier alpha value is -3.09. The number of nitrogens with one attached hydrogen (secondary N) is 1. The summed E-state index contributed by atoms with van der Waals surface area (Å²) in [5, 5.41) is 4.01. The van der Waals surface area contributed by atoms with Crippen molar-refractivity contribution in [3.63, 3.8) is 0 Å². The first-order valence-electron chi connectivity index (χ1n) is 14.1. The van der Waals surface area contributed by atoms with Crippen LogP contribution in [0.5, 0.6) is 0 Å². The molecule has 3 fully saturated rings. The van der Waals surface area contributed by atoms with Crippen LogP contribution in [0.3, 0.4) is 0 Å². The van der Waals surface area contributed by atoms with Crippen LogP contribution in [0.4, 0.5) is 11.4 Å². The van der Waals surface area contributed by atoms with Crippen LogP contribution < -0.4 is 10.2 Å². The number of nitrogens with zero attached hydrogens (tertiary/aromatic N) is 3. The van der Waals surface area contributed by atoms with E-state index in [-0.39, 0.29) is 46.8 Å². The topological polar surface area (TPSA) is 51.4 Å². The molecule has 0 aliphatic carbocycles. The van der Waals surface area contributed by atoms with E-state index >= 15 is 0 Å². The number of ether oxygens (including phenoxy) is 1. The van der Waals surface area contributed by atoms with Gasteiger partial charge in [-0.15, -0.1) is 0 Å². The lowest BCUT2D eigenvalue weighted by atomic mass is 9.50. The minimum absolute atomic E-state index is 0.0246. The summed E-state index contributed by atoms with van der Waals surface area (Å²) in [6.07, 6.45) is 8.22. The highest BCUT2D eigenvalue weighted by atomic mass is 16.6. The smallest absolute Gasteiger partial charge is 0.227 e. The van der Waals surface area contributed by atoms with Crippen molar-refractivity contribution in [2.45, 2.75) is 74.0 Å². The number of likely N-dealkylation sites (tertiary alicyclic amines) is 1. The molecule has 7 atom stereocenters. The number of carbonyl (C=O) groups excluding carboxylic acids is 1. The zero-order chi connectivity index (χ0) is 26.0. The molecule has 6 heterocycles. The Kier molecular flexibility index (Phi) is 4.39. The average molecular weight is 509 g/mol. The summed E-state index contributed by atoms with van der Waals surface area (Å²) in [4.78, 5) is 21.3. The second-order valence-corrected chi connectivity index (χ2v) is 12.5. The molecule has 2 aromatic rings. The van der Waals surface area contributed by atoms with Gasteiger partial charge < -0.3 is 19.9 Å². The SMILES string of the molecule is C=CC=CCC(=O)N1CCC23c4ccccc4NC4N(C)c5cccc6c5C42CCN(C6C2OC2(C)C)C13. The minimum atomic E-state index is -0.209. The normalized spacial score (nSPS) is 38.3. The highest BCUT2D eigenvalue weighted by Gasteiger charge is 2.77. The summed E-state index contributed by atoms with van der Waals surface area (Å²) in [5.74, 6) is 0.201. The Morgan fingerprint density at radius 3 is 2.71 bits per heavy atom. The van der Waals surface area contributed by atoms with Crippen molar-refractivity contribution < 1.29 is 9.53 Å². The number of para-hydroxylation sites is 1. The maximum atomic E-state index is 14.0. The fourth-order valence-electron chi connectivity index (χ4n) is 9.37. The molecule has 2 aromatic carbocycles. The van der Waals surface area contributed by atoms with E-state index in [4.69, 9.17) is 4.74 Å². The van der Waals surface area contributed by atoms with Gasteiger partial charge in [0.15, 0.2) is 0 Å². The van der Waals surface area contributed by atoms with Crippen molar-refractivity contribution in [2.24, 2.45) is 0 Å². The molecule has 2 spiro atoms. The van der Waals surface area contributed by atoms with Crippen molar-refractivity contribution in [2.75, 3.05) is 30.4 Å². The van der Waals surface area contributed by atoms with Crippen LogP contribution in [0, 0.1) is 0 Å². The monoisotopic (exact) mass is 508 g/mol. The van der Waals surface area contributed by atoms with Gasteiger partial charge in [-0.3, -0.25) is 9.69 Å². The fraction of sp³-hybridized carbons (Fsp3) is 0.469. The number of benzene rings is 2. The lowest BCUT2D eigenvalue weighted by Gasteiger charge is -2.62. The second-order valence-electron chi connectivity index (χ2n) is 12.5.